The third-order valence-corrected chi connectivity index (χ3v) is 2.31. The van der Waals surface area contributed by atoms with Crippen molar-refractivity contribution in [1.29, 1.82) is 0 Å². The lowest BCUT2D eigenvalue weighted by Gasteiger charge is -2.06. The average Bonchev–Trinajstić information content (AvgIpc) is 2.92. The van der Waals surface area contributed by atoms with E-state index in [1.807, 2.05) is 30.3 Å². The van der Waals surface area contributed by atoms with E-state index in [-0.39, 0.29) is 6.54 Å². The van der Waals surface area contributed by atoms with E-state index in [1.165, 1.54) is 4.68 Å². The van der Waals surface area contributed by atoms with Gasteiger partial charge in [-0.05, 0) is 22.6 Å². The van der Waals surface area contributed by atoms with Crippen LogP contribution < -0.4 is 10.6 Å². The first kappa shape index (κ1) is 13.5. The van der Waals surface area contributed by atoms with Gasteiger partial charge >= 0.3 is 5.97 Å². The van der Waals surface area contributed by atoms with E-state index in [0.29, 0.717) is 5.95 Å². The molecule has 0 aliphatic rings. The Morgan fingerprint density at radius 3 is 2.65 bits per heavy atom. The number of nitrogens with zero attached hydrogens (tertiary/aromatic N) is 4. The van der Waals surface area contributed by atoms with Crippen LogP contribution in [0.2, 0.25) is 0 Å². The number of amides is 1. The van der Waals surface area contributed by atoms with Crippen LogP contribution in [0.3, 0.4) is 0 Å². The molecule has 0 saturated heterocycles. The van der Waals surface area contributed by atoms with Crippen molar-refractivity contribution in [1.82, 2.24) is 25.5 Å². The summed E-state index contributed by atoms with van der Waals surface area (Å²) in [6, 6.07) is 9.15. The second-order valence-corrected chi connectivity index (χ2v) is 3.77. The fourth-order valence-corrected chi connectivity index (χ4v) is 1.44. The van der Waals surface area contributed by atoms with Gasteiger partial charge in [0.15, 0.2) is 0 Å². The van der Waals surface area contributed by atoms with E-state index in [9.17, 15) is 9.59 Å². The number of aliphatic carboxylic acids is 1. The molecule has 0 aliphatic heterocycles. The van der Waals surface area contributed by atoms with E-state index in [0.717, 1.165) is 5.69 Å². The number of aromatic nitrogens is 4. The summed E-state index contributed by atoms with van der Waals surface area (Å²) in [7, 11) is 0. The van der Waals surface area contributed by atoms with Gasteiger partial charge in [0, 0.05) is 0 Å². The van der Waals surface area contributed by atoms with Gasteiger partial charge in [0.2, 0.25) is 11.9 Å². The Bertz CT molecular complexity index is 597. The number of carboxylic acid groups (broad SMARTS) is 1. The van der Waals surface area contributed by atoms with Crippen molar-refractivity contribution in [2.45, 2.75) is 0 Å². The van der Waals surface area contributed by atoms with Crippen LogP contribution in [0.5, 0.6) is 0 Å². The highest BCUT2D eigenvalue weighted by Crippen LogP contribution is 2.09. The summed E-state index contributed by atoms with van der Waals surface area (Å²) in [4.78, 5) is 21.7. The van der Waals surface area contributed by atoms with Crippen LogP contribution in [0.15, 0.2) is 30.3 Å². The lowest BCUT2D eigenvalue weighted by Crippen LogP contribution is -2.34. The first-order valence-corrected chi connectivity index (χ1v) is 5.73. The highest BCUT2D eigenvalue weighted by Gasteiger charge is 2.09. The van der Waals surface area contributed by atoms with E-state index in [1.54, 1.807) is 0 Å². The molecule has 20 heavy (non-hydrogen) atoms. The molecule has 0 unspecified atom stereocenters. The van der Waals surface area contributed by atoms with Crippen LogP contribution in [-0.2, 0) is 9.59 Å². The zero-order valence-corrected chi connectivity index (χ0v) is 10.4. The molecule has 104 valence electrons. The molecule has 1 amide bonds. The second kappa shape index (κ2) is 6.27. The quantitative estimate of drug-likeness (QED) is 0.636. The molecule has 1 aromatic heterocycles. The molecule has 9 nitrogen and oxygen atoms in total. The minimum Gasteiger partial charge on any atom is -0.480 e. The summed E-state index contributed by atoms with van der Waals surface area (Å²) < 4.78 is 1.43. The SMILES string of the molecule is O=C(O)CNC(=O)CNc1nnnn1-c1ccccc1. The molecule has 0 fully saturated rings. The van der Waals surface area contributed by atoms with Crippen LogP contribution in [0, 0.1) is 0 Å². The van der Waals surface area contributed by atoms with Crippen molar-refractivity contribution in [3.05, 3.63) is 30.3 Å². The molecular weight excluding hydrogens is 264 g/mol. The summed E-state index contributed by atoms with van der Waals surface area (Å²) in [5.74, 6) is -1.27. The van der Waals surface area contributed by atoms with Crippen molar-refractivity contribution >= 4 is 17.8 Å². The van der Waals surface area contributed by atoms with E-state index < -0.39 is 18.4 Å². The number of rotatable bonds is 6. The topological polar surface area (TPSA) is 122 Å². The molecule has 0 radical (unpaired) electrons. The van der Waals surface area contributed by atoms with Crippen LogP contribution in [0.4, 0.5) is 5.95 Å². The first-order valence-electron chi connectivity index (χ1n) is 5.73. The molecule has 0 atom stereocenters. The van der Waals surface area contributed by atoms with Gasteiger partial charge in [-0.1, -0.05) is 23.3 Å². The van der Waals surface area contributed by atoms with Gasteiger partial charge in [-0.3, -0.25) is 9.59 Å². The Balaban J connectivity index is 1.96. The molecule has 2 rings (SSSR count). The van der Waals surface area contributed by atoms with Gasteiger partial charge in [0.1, 0.15) is 6.54 Å². The summed E-state index contributed by atoms with van der Waals surface area (Å²) in [6.45, 7) is -0.551. The zero-order valence-electron chi connectivity index (χ0n) is 10.4. The van der Waals surface area contributed by atoms with Gasteiger partial charge in [0.25, 0.3) is 0 Å². The number of hydrogen-bond donors (Lipinski definition) is 3. The number of tetrazole rings is 1. The lowest BCUT2D eigenvalue weighted by molar-refractivity contribution is -0.137. The summed E-state index contributed by atoms with van der Waals surface area (Å²) in [6.07, 6.45) is 0. The fourth-order valence-electron chi connectivity index (χ4n) is 1.44. The highest BCUT2D eigenvalue weighted by molar-refractivity contribution is 5.83. The minimum atomic E-state index is -1.10. The smallest absolute Gasteiger partial charge is 0.322 e. The zero-order chi connectivity index (χ0) is 14.4. The fraction of sp³-hybridized carbons (Fsp3) is 0.182. The number of hydrogen-bond acceptors (Lipinski definition) is 6. The predicted molar refractivity (Wildman–Crippen MR) is 68.3 cm³/mol. The third-order valence-electron chi connectivity index (χ3n) is 2.31. The average molecular weight is 276 g/mol. The molecule has 0 aliphatic carbocycles. The number of carbonyl (C=O) groups excluding carboxylic acids is 1. The number of benzene rings is 1. The Morgan fingerprint density at radius 2 is 1.95 bits per heavy atom. The predicted octanol–water partition coefficient (Wildman–Crippen LogP) is -0.725. The van der Waals surface area contributed by atoms with Gasteiger partial charge in [-0.2, -0.15) is 4.68 Å². The maximum Gasteiger partial charge on any atom is 0.322 e. The van der Waals surface area contributed by atoms with Gasteiger partial charge in [0.05, 0.1) is 12.2 Å². The van der Waals surface area contributed by atoms with Crippen molar-refractivity contribution < 1.29 is 14.7 Å². The highest BCUT2D eigenvalue weighted by atomic mass is 16.4. The summed E-state index contributed by atoms with van der Waals surface area (Å²) in [5.41, 5.74) is 0.742. The van der Waals surface area contributed by atoms with Crippen LogP contribution in [0.1, 0.15) is 0 Å². The maximum atomic E-state index is 11.4. The van der Waals surface area contributed by atoms with Crippen LogP contribution >= 0.6 is 0 Å². The molecule has 0 spiro atoms. The number of carbonyl (C=O) groups is 2. The van der Waals surface area contributed by atoms with Gasteiger partial charge in [-0.15, -0.1) is 0 Å². The summed E-state index contributed by atoms with van der Waals surface area (Å²) in [5, 5.41) is 24.5. The minimum absolute atomic E-state index is 0.125. The second-order valence-electron chi connectivity index (χ2n) is 3.77. The van der Waals surface area contributed by atoms with Gasteiger partial charge < -0.3 is 15.7 Å². The summed E-state index contributed by atoms with van der Waals surface area (Å²) >= 11 is 0. The van der Waals surface area contributed by atoms with Crippen LogP contribution in [0.25, 0.3) is 5.69 Å². The number of para-hydroxylation sites is 1. The molecule has 1 heterocycles. The number of anilines is 1. The Labute approximate surface area is 113 Å². The van der Waals surface area contributed by atoms with Crippen molar-refractivity contribution in [3.63, 3.8) is 0 Å². The molecule has 1 aromatic carbocycles. The van der Waals surface area contributed by atoms with E-state index in [4.69, 9.17) is 5.11 Å². The molecule has 2 aromatic rings. The maximum absolute atomic E-state index is 11.4. The standard InChI is InChI=1S/C11H12N6O3/c18-9(12-7-10(19)20)6-13-11-14-15-16-17(11)8-4-2-1-3-5-8/h1-5H,6-7H2,(H,12,18)(H,19,20)(H,13,14,16). The monoisotopic (exact) mass is 276 g/mol. The Kier molecular flexibility index (Phi) is 4.22. The van der Waals surface area contributed by atoms with E-state index >= 15 is 0 Å². The third kappa shape index (κ3) is 3.51. The van der Waals surface area contributed by atoms with Gasteiger partial charge in [-0.25, -0.2) is 0 Å². The molecule has 9 heteroatoms. The molecule has 3 N–H and O–H groups in total. The first-order chi connectivity index (χ1) is 9.66. The molecule has 0 bridgehead atoms. The lowest BCUT2D eigenvalue weighted by atomic mass is 10.3. The molecule has 0 saturated carbocycles. The van der Waals surface area contributed by atoms with Crippen molar-refractivity contribution in [2.24, 2.45) is 0 Å². The van der Waals surface area contributed by atoms with Crippen LogP contribution in [-0.4, -0.2) is 50.3 Å². The number of nitrogens with one attached hydrogen (secondary N) is 2. The normalized spacial score (nSPS) is 10.0. The number of carboxylic acids is 1. The van der Waals surface area contributed by atoms with Crippen molar-refractivity contribution in [3.8, 4) is 5.69 Å². The largest absolute Gasteiger partial charge is 0.480 e. The van der Waals surface area contributed by atoms with E-state index in [2.05, 4.69) is 26.2 Å². The Hall–Kier alpha value is -2.97. The molecular formula is C11H12N6O3. The van der Waals surface area contributed by atoms with Crippen molar-refractivity contribution in [2.75, 3.05) is 18.4 Å². The Morgan fingerprint density at radius 1 is 1.20 bits per heavy atom.